The maximum atomic E-state index is 12.9. The third-order valence-corrected chi connectivity index (χ3v) is 2.58. The van der Waals surface area contributed by atoms with Crippen LogP contribution in [-0.2, 0) is 0 Å². The number of rotatable bonds is 3. The molecule has 2 rings (SSSR count). The topological polar surface area (TPSA) is 30.2 Å². The number of allylic oxidation sites excluding steroid dienone is 1. The van der Waals surface area contributed by atoms with Crippen molar-refractivity contribution < 1.29 is 13.6 Å². The average Bonchev–Trinajstić information content (AvgIpc) is 2.66. The summed E-state index contributed by atoms with van der Waals surface area (Å²) in [6.45, 7) is 3.54. The lowest BCUT2D eigenvalue weighted by atomic mass is 10.1. The molecule has 0 aliphatic carbocycles. The van der Waals surface area contributed by atoms with Crippen molar-refractivity contribution in [3.63, 3.8) is 0 Å². The summed E-state index contributed by atoms with van der Waals surface area (Å²) in [6.07, 6.45) is 3.01. The summed E-state index contributed by atoms with van der Waals surface area (Å²) in [6, 6.07) is 7.78. The van der Waals surface area contributed by atoms with E-state index >= 15 is 0 Å². The number of carbonyl (C=O) groups is 1. The van der Waals surface area contributed by atoms with Gasteiger partial charge in [-0.05, 0) is 43.7 Å². The smallest absolute Gasteiger partial charge is 0.189 e. The summed E-state index contributed by atoms with van der Waals surface area (Å²) >= 11 is 0. The van der Waals surface area contributed by atoms with Gasteiger partial charge in [-0.3, -0.25) is 4.79 Å². The molecule has 1 aromatic carbocycles. The maximum absolute atomic E-state index is 12.9. The molecule has 0 saturated carbocycles. The Morgan fingerprint density at radius 1 is 1.28 bits per heavy atom. The van der Waals surface area contributed by atoms with Gasteiger partial charge in [0.25, 0.3) is 0 Å². The molecule has 18 heavy (non-hydrogen) atoms. The molecule has 0 fully saturated rings. The molecule has 0 bridgehead atoms. The monoisotopic (exact) mass is 244 g/mol. The standard InChI is InChI=1S/C15H13FO2/c1-10-8-14(11(2)18-10)15(17)7-6-12-4-3-5-13(16)9-12/h3-9H,1-2H3. The fourth-order valence-corrected chi connectivity index (χ4v) is 1.75. The Labute approximate surface area is 105 Å². The third-order valence-electron chi connectivity index (χ3n) is 2.58. The summed E-state index contributed by atoms with van der Waals surface area (Å²) in [5, 5.41) is 0. The molecule has 2 nitrogen and oxygen atoms in total. The van der Waals surface area contributed by atoms with Crippen LogP contribution in [-0.4, -0.2) is 5.78 Å². The van der Waals surface area contributed by atoms with E-state index in [4.69, 9.17) is 4.42 Å². The number of aryl methyl sites for hydroxylation is 2. The van der Waals surface area contributed by atoms with Gasteiger partial charge in [-0.1, -0.05) is 18.2 Å². The van der Waals surface area contributed by atoms with Crippen molar-refractivity contribution in [3.05, 3.63) is 64.9 Å². The Morgan fingerprint density at radius 2 is 2.06 bits per heavy atom. The number of halogens is 1. The van der Waals surface area contributed by atoms with Crippen LogP contribution in [0.15, 0.2) is 40.8 Å². The van der Waals surface area contributed by atoms with Gasteiger partial charge in [-0.2, -0.15) is 0 Å². The highest BCUT2D eigenvalue weighted by Crippen LogP contribution is 2.15. The van der Waals surface area contributed by atoms with E-state index in [1.165, 1.54) is 18.2 Å². The Kier molecular flexibility index (Phi) is 3.42. The molecular formula is C15H13FO2. The molecule has 0 aliphatic heterocycles. The van der Waals surface area contributed by atoms with Crippen molar-refractivity contribution in [2.24, 2.45) is 0 Å². The van der Waals surface area contributed by atoms with Crippen molar-refractivity contribution in [3.8, 4) is 0 Å². The Hall–Kier alpha value is -2.16. The first-order valence-corrected chi connectivity index (χ1v) is 5.61. The molecule has 2 aromatic rings. The van der Waals surface area contributed by atoms with Gasteiger partial charge >= 0.3 is 0 Å². The second-order valence-electron chi connectivity index (χ2n) is 4.08. The van der Waals surface area contributed by atoms with Gasteiger partial charge in [-0.15, -0.1) is 0 Å². The fourth-order valence-electron chi connectivity index (χ4n) is 1.75. The first kappa shape index (κ1) is 12.3. The largest absolute Gasteiger partial charge is 0.466 e. The van der Waals surface area contributed by atoms with Crippen molar-refractivity contribution in [2.75, 3.05) is 0 Å². The fraction of sp³-hybridized carbons (Fsp3) is 0.133. The molecule has 0 unspecified atom stereocenters. The second-order valence-corrected chi connectivity index (χ2v) is 4.08. The summed E-state index contributed by atoms with van der Waals surface area (Å²) in [5.41, 5.74) is 1.20. The van der Waals surface area contributed by atoms with E-state index in [-0.39, 0.29) is 11.6 Å². The number of benzene rings is 1. The van der Waals surface area contributed by atoms with Gasteiger partial charge < -0.3 is 4.42 Å². The minimum atomic E-state index is -0.320. The van der Waals surface area contributed by atoms with E-state index in [0.717, 1.165) is 0 Å². The normalized spacial score (nSPS) is 11.1. The Bertz CT molecular complexity index is 609. The van der Waals surface area contributed by atoms with Crippen LogP contribution < -0.4 is 0 Å². The molecule has 0 aliphatic rings. The number of hydrogen-bond acceptors (Lipinski definition) is 2. The molecule has 0 radical (unpaired) electrons. The quantitative estimate of drug-likeness (QED) is 0.605. The van der Waals surface area contributed by atoms with Crippen molar-refractivity contribution >= 4 is 11.9 Å². The summed E-state index contributed by atoms with van der Waals surface area (Å²) < 4.78 is 18.2. The van der Waals surface area contributed by atoms with Crippen LogP contribution in [0.5, 0.6) is 0 Å². The van der Waals surface area contributed by atoms with Gasteiger partial charge in [0.15, 0.2) is 5.78 Å². The highest BCUT2D eigenvalue weighted by Gasteiger charge is 2.10. The van der Waals surface area contributed by atoms with E-state index in [9.17, 15) is 9.18 Å². The van der Waals surface area contributed by atoms with Gasteiger partial charge in [0.2, 0.25) is 0 Å². The summed E-state index contributed by atoms with van der Waals surface area (Å²) in [7, 11) is 0. The number of ketones is 1. The second kappa shape index (κ2) is 5.00. The van der Waals surface area contributed by atoms with E-state index in [2.05, 4.69) is 0 Å². The molecule has 1 heterocycles. The van der Waals surface area contributed by atoms with E-state index in [1.54, 1.807) is 38.1 Å². The molecule has 92 valence electrons. The van der Waals surface area contributed by atoms with E-state index in [0.29, 0.717) is 22.6 Å². The van der Waals surface area contributed by atoms with Crippen molar-refractivity contribution in [1.82, 2.24) is 0 Å². The zero-order chi connectivity index (χ0) is 13.1. The minimum absolute atomic E-state index is 0.145. The molecule has 0 saturated heterocycles. The third kappa shape index (κ3) is 2.74. The van der Waals surface area contributed by atoms with Crippen LogP contribution in [0.4, 0.5) is 4.39 Å². The van der Waals surface area contributed by atoms with Gasteiger partial charge in [0, 0.05) is 0 Å². The van der Waals surface area contributed by atoms with Crippen LogP contribution in [0.3, 0.4) is 0 Å². The zero-order valence-electron chi connectivity index (χ0n) is 10.2. The van der Waals surface area contributed by atoms with Gasteiger partial charge in [0.1, 0.15) is 17.3 Å². The lowest BCUT2D eigenvalue weighted by Crippen LogP contribution is -1.93. The highest BCUT2D eigenvalue weighted by atomic mass is 19.1. The predicted molar refractivity (Wildman–Crippen MR) is 67.9 cm³/mol. The Balaban J connectivity index is 2.19. The highest BCUT2D eigenvalue weighted by molar-refractivity contribution is 6.07. The van der Waals surface area contributed by atoms with Crippen LogP contribution in [0.1, 0.15) is 27.4 Å². The van der Waals surface area contributed by atoms with Crippen LogP contribution in [0.25, 0.3) is 6.08 Å². The number of carbonyl (C=O) groups excluding carboxylic acids is 1. The van der Waals surface area contributed by atoms with Crippen LogP contribution in [0, 0.1) is 19.7 Å². The van der Waals surface area contributed by atoms with Gasteiger partial charge in [-0.25, -0.2) is 4.39 Å². The minimum Gasteiger partial charge on any atom is -0.466 e. The number of hydrogen-bond donors (Lipinski definition) is 0. The first-order chi connectivity index (χ1) is 8.56. The van der Waals surface area contributed by atoms with Gasteiger partial charge in [0.05, 0.1) is 5.56 Å². The van der Waals surface area contributed by atoms with E-state index in [1.807, 2.05) is 0 Å². The molecule has 0 atom stereocenters. The summed E-state index contributed by atoms with van der Waals surface area (Å²) in [4.78, 5) is 11.9. The number of furan rings is 1. The first-order valence-electron chi connectivity index (χ1n) is 5.61. The van der Waals surface area contributed by atoms with Crippen molar-refractivity contribution in [2.45, 2.75) is 13.8 Å². The zero-order valence-corrected chi connectivity index (χ0v) is 10.2. The maximum Gasteiger partial charge on any atom is 0.189 e. The predicted octanol–water partition coefficient (Wildman–Crippen LogP) is 3.93. The Morgan fingerprint density at radius 3 is 2.67 bits per heavy atom. The molecule has 3 heteroatoms. The average molecular weight is 244 g/mol. The molecule has 0 spiro atoms. The van der Waals surface area contributed by atoms with Crippen LogP contribution in [0.2, 0.25) is 0 Å². The van der Waals surface area contributed by atoms with Crippen LogP contribution >= 0.6 is 0 Å². The summed E-state index contributed by atoms with van der Waals surface area (Å²) in [5.74, 6) is 0.838. The lowest BCUT2D eigenvalue weighted by molar-refractivity contribution is 0.104. The molecule has 0 N–H and O–H groups in total. The molecular weight excluding hydrogens is 231 g/mol. The lowest BCUT2D eigenvalue weighted by Gasteiger charge is -1.94. The van der Waals surface area contributed by atoms with Crippen molar-refractivity contribution in [1.29, 1.82) is 0 Å². The SMILES string of the molecule is Cc1cc(C(=O)C=Cc2cccc(F)c2)c(C)o1. The van der Waals surface area contributed by atoms with E-state index < -0.39 is 0 Å². The molecule has 1 aromatic heterocycles. The molecule has 0 amide bonds.